The van der Waals surface area contributed by atoms with E-state index in [4.69, 9.17) is 0 Å². The van der Waals surface area contributed by atoms with Crippen LogP contribution >= 0.6 is 0 Å². The minimum atomic E-state index is -0.0137. The first kappa shape index (κ1) is 22.3. The molecule has 10 heteroatoms. The summed E-state index contributed by atoms with van der Waals surface area (Å²) >= 11 is 0. The van der Waals surface area contributed by atoms with Crippen LogP contribution in [0.25, 0.3) is 22.8 Å². The SMILES string of the molecule is Cc1ccc(-c2nn[nH]n2)cc1.O=C(NCC1CCCCC1)c1ccc(-c2nn[nH]n2)cc1. The number of tetrazole rings is 2. The highest BCUT2D eigenvalue weighted by Crippen LogP contribution is 2.23. The van der Waals surface area contributed by atoms with E-state index in [2.05, 4.69) is 46.6 Å². The molecule has 1 aliphatic rings. The largest absolute Gasteiger partial charge is 0.352 e. The number of carbonyl (C=O) groups excluding carboxylic acids is 1. The standard InChI is InChI=1S/C15H19N5O.C8H8N4/c21-15(16-10-11-4-2-1-3-5-11)13-8-6-12(7-9-13)14-17-19-20-18-14;1-6-2-4-7(5-3-6)8-9-11-12-10-8/h6-9,11H,1-5,10H2,(H,16,21)(H,17,18,19,20);2-5H,1H3,(H,9,10,11,12). The lowest BCUT2D eigenvalue weighted by Crippen LogP contribution is -2.30. The Morgan fingerprint density at radius 3 is 1.91 bits per heavy atom. The van der Waals surface area contributed by atoms with Gasteiger partial charge in [0, 0.05) is 23.2 Å². The van der Waals surface area contributed by atoms with Gasteiger partial charge in [0.25, 0.3) is 5.91 Å². The lowest BCUT2D eigenvalue weighted by Gasteiger charge is -2.21. The molecule has 5 rings (SSSR count). The molecule has 4 aromatic rings. The van der Waals surface area contributed by atoms with Gasteiger partial charge in [-0.2, -0.15) is 10.4 Å². The second-order valence-electron chi connectivity index (χ2n) is 8.13. The first-order valence-electron chi connectivity index (χ1n) is 11.1. The number of benzene rings is 2. The summed E-state index contributed by atoms with van der Waals surface area (Å²) in [6.07, 6.45) is 6.38. The van der Waals surface area contributed by atoms with Crippen LogP contribution in [0.5, 0.6) is 0 Å². The van der Waals surface area contributed by atoms with Gasteiger partial charge >= 0.3 is 0 Å². The van der Waals surface area contributed by atoms with E-state index in [1.54, 1.807) is 12.1 Å². The van der Waals surface area contributed by atoms with Gasteiger partial charge in [-0.3, -0.25) is 4.79 Å². The summed E-state index contributed by atoms with van der Waals surface area (Å²) in [5.41, 5.74) is 3.71. The molecule has 2 heterocycles. The van der Waals surface area contributed by atoms with Crippen molar-refractivity contribution in [1.82, 2.24) is 46.6 Å². The number of carbonyl (C=O) groups is 1. The average molecular weight is 446 g/mol. The summed E-state index contributed by atoms with van der Waals surface area (Å²) in [6, 6.07) is 15.2. The summed E-state index contributed by atoms with van der Waals surface area (Å²) < 4.78 is 0. The number of hydrogen-bond acceptors (Lipinski definition) is 7. The molecule has 1 amide bonds. The second kappa shape index (κ2) is 11.1. The van der Waals surface area contributed by atoms with Crippen molar-refractivity contribution in [1.29, 1.82) is 0 Å². The maximum Gasteiger partial charge on any atom is 0.251 e. The first-order valence-corrected chi connectivity index (χ1v) is 11.1. The van der Waals surface area contributed by atoms with E-state index < -0.39 is 0 Å². The van der Waals surface area contributed by atoms with Crippen LogP contribution in [0.4, 0.5) is 0 Å². The Morgan fingerprint density at radius 2 is 1.39 bits per heavy atom. The topological polar surface area (TPSA) is 138 Å². The van der Waals surface area contributed by atoms with Crippen LogP contribution in [0.15, 0.2) is 48.5 Å². The molecule has 1 aliphatic carbocycles. The second-order valence-corrected chi connectivity index (χ2v) is 8.13. The van der Waals surface area contributed by atoms with E-state index in [0.717, 1.165) is 17.7 Å². The molecule has 10 nitrogen and oxygen atoms in total. The number of nitrogens with zero attached hydrogens (tertiary/aromatic N) is 6. The summed E-state index contributed by atoms with van der Waals surface area (Å²) in [5.74, 6) is 1.79. The molecule has 2 aromatic carbocycles. The van der Waals surface area contributed by atoms with Gasteiger partial charge < -0.3 is 5.32 Å². The Balaban J connectivity index is 0.000000183. The molecule has 3 N–H and O–H groups in total. The third-order valence-corrected chi connectivity index (χ3v) is 5.68. The molecule has 170 valence electrons. The molecule has 0 radical (unpaired) electrons. The normalized spacial score (nSPS) is 13.7. The molecule has 0 unspecified atom stereocenters. The highest BCUT2D eigenvalue weighted by atomic mass is 16.1. The van der Waals surface area contributed by atoms with Crippen LogP contribution < -0.4 is 5.32 Å². The lowest BCUT2D eigenvalue weighted by atomic mass is 9.89. The van der Waals surface area contributed by atoms with E-state index >= 15 is 0 Å². The predicted molar refractivity (Wildman–Crippen MR) is 123 cm³/mol. The van der Waals surface area contributed by atoms with Gasteiger partial charge in [0.1, 0.15) is 0 Å². The van der Waals surface area contributed by atoms with Crippen molar-refractivity contribution >= 4 is 5.91 Å². The Kier molecular flexibility index (Phi) is 7.47. The van der Waals surface area contributed by atoms with Crippen molar-refractivity contribution < 1.29 is 4.79 Å². The molecular weight excluding hydrogens is 418 g/mol. The number of hydrogen-bond donors (Lipinski definition) is 3. The molecule has 1 fully saturated rings. The Bertz CT molecular complexity index is 1100. The van der Waals surface area contributed by atoms with Crippen LogP contribution in [-0.2, 0) is 0 Å². The van der Waals surface area contributed by atoms with Gasteiger partial charge in [-0.05, 0) is 48.2 Å². The Labute approximate surface area is 191 Å². The van der Waals surface area contributed by atoms with Gasteiger partial charge in [0.05, 0.1) is 0 Å². The fourth-order valence-corrected chi connectivity index (χ4v) is 3.77. The maximum absolute atomic E-state index is 12.1. The number of aromatic nitrogens is 8. The van der Waals surface area contributed by atoms with E-state index in [1.807, 2.05) is 43.3 Å². The zero-order chi connectivity index (χ0) is 22.9. The number of nitrogens with one attached hydrogen (secondary N) is 3. The third kappa shape index (κ3) is 6.28. The first-order chi connectivity index (χ1) is 16.2. The van der Waals surface area contributed by atoms with Crippen molar-refractivity contribution in [3.63, 3.8) is 0 Å². The summed E-state index contributed by atoms with van der Waals surface area (Å²) in [6.45, 7) is 2.82. The number of aromatic amines is 2. The molecule has 0 aliphatic heterocycles. The molecule has 0 bridgehead atoms. The maximum atomic E-state index is 12.1. The van der Waals surface area contributed by atoms with Crippen LogP contribution in [0, 0.1) is 12.8 Å². The van der Waals surface area contributed by atoms with Gasteiger partial charge in [-0.15, -0.1) is 20.4 Å². The molecule has 2 aromatic heterocycles. The molecule has 0 atom stereocenters. The number of aryl methyl sites for hydroxylation is 1. The van der Waals surface area contributed by atoms with E-state index in [1.165, 1.54) is 37.7 Å². The minimum absolute atomic E-state index is 0.0137. The lowest BCUT2D eigenvalue weighted by molar-refractivity contribution is 0.0943. The molecule has 33 heavy (non-hydrogen) atoms. The van der Waals surface area contributed by atoms with Crippen LogP contribution in [0.2, 0.25) is 0 Å². The van der Waals surface area contributed by atoms with Gasteiger partial charge in [0.2, 0.25) is 11.6 Å². The highest BCUT2D eigenvalue weighted by molar-refractivity contribution is 5.94. The molecular formula is C23H27N9O. The van der Waals surface area contributed by atoms with Crippen molar-refractivity contribution in [2.75, 3.05) is 6.54 Å². The van der Waals surface area contributed by atoms with Crippen molar-refractivity contribution in [3.8, 4) is 22.8 Å². The summed E-state index contributed by atoms with van der Waals surface area (Å²) in [5, 5.41) is 30.4. The van der Waals surface area contributed by atoms with Gasteiger partial charge in [-0.1, -0.05) is 61.2 Å². The quantitative estimate of drug-likeness (QED) is 0.428. The minimum Gasteiger partial charge on any atom is -0.352 e. The molecule has 0 spiro atoms. The average Bonchev–Trinajstić information content (AvgIpc) is 3.59. The monoisotopic (exact) mass is 445 g/mol. The van der Waals surface area contributed by atoms with Gasteiger partial charge in [0.15, 0.2) is 0 Å². The van der Waals surface area contributed by atoms with E-state index in [9.17, 15) is 4.79 Å². The summed E-state index contributed by atoms with van der Waals surface area (Å²) in [7, 11) is 0. The predicted octanol–water partition coefficient (Wildman–Crippen LogP) is 3.35. The number of rotatable bonds is 5. The fourth-order valence-electron chi connectivity index (χ4n) is 3.77. The van der Waals surface area contributed by atoms with Crippen LogP contribution in [0.3, 0.4) is 0 Å². The third-order valence-electron chi connectivity index (χ3n) is 5.68. The Morgan fingerprint density at radius 1 is 0.848 bits per heavy atom. The zero-order valence-corrected chi connectivity index (χ0v) is 18.5. The fraction of sp³-hybridized carbons (Fsp3) is 0.348. The summed E-state index contributed by atoms with van der Waals surface area (Å²) in [4.78, 5) is 12.1. The smallest absolute Gasteiger partial charge is 0.251 e. The number of amides is 1. The van der Waals surface area contributed by atoms with Crippen molar-refractivity contribution in [2.45, 2.75) is 39.0 Å². The number of H-pyrrole nitrogens is 2. The van der Waals surface area contributed by atoms with Crippen molar-refractivity contribution in [2.24, 2.45) is 5.92 Å². The highest BCUT2D eigenvalue weighted by Gasteiger charge is 2.15. The molecule has 0 saturated heterocycles. The zero-order valence-electron chi connectivity index (χ0n) is 18.5. The van der Waals surface area contributed by atoms with Crippen molar-refractivity contribution in [3.05, 3.63) is 59.7 Å². The van der Waals surface area contributed by atoms with Crippen LogP contribution in [-0.4, -0.2) is 53.7 Å². The van der Waals surface area contributed by atoms with Crippen LogP contribution in [0.1, 0.15) is 48.0 Å². The molecule has 1 saturated carbocycles. The van der Waals surface area contributed by atoms with E-state index in [-0.39, 0.29) is 5.91 Å². The van der Waals surface area contributed by atoms with E-state index in [0.29, 0.717) is 23.1 Å². The van der Waals surface area contributed by atoms with Gasteiger partial charge in [-0.25, -0.2) is 0 Å². The Hall–Kier alpha value is -3.95.